The van der Waals surface area contributed by atoms with Gasteiger partial charge in [-0.25, -0.2) is 4.39 Å². The zero-order valence-electron chi connectivity index (χ0n) is 13.3. The standard InChI is InChI=1S/C18H20FN3OS/c19-15-5-1-2-6-16(15)22-18-8-4-3-7-17(18)21(24-22)11-9-14-13-20-10-12-23-14/h1-8,14,20H,9-13H2. The van der Waals surface area contributed by atoms with Crippen LogP contribution in [0.1, 0.15) is 6.42 Å². The Balaban J connectivity index is 1.54. The fourth-order valence-electron chi connectivity index (χ4n) is 3.05. The molecule has 0 bridgehead atoms. The lowest BCUT2D eigenvalue weighted by Gasteiger charge is -2.26. The van der Waals surface area contributed by atoms with Gasteiger partial charge in [-0.1, -0.05) is 24.3 Å². The van der Waals surface area contributed by atoms with Gasteiger partial charge in [0.05, 0.1) is 41.9 Å². The second-order valence-corrected chi connectivity index (χ2v) is 6.87. The first-order chi connectivity index (χ1) is 11.8. The van der Waals surface area contributed by atoms with Gasteiger partial charge in [0.25, 0.3) is 0 Å². The van der Waals surface area contributed by atoms with Crippen LogP contribution in [0, 0.1) is 5.82 Å². The molecule has 0 radical (unpaired) electrons. The van der Waals surface area contributed by atoms with E-state index in [2.05, 4.69) is 15.7 Å². The van der Waals surface area contributed by atoms with Crippen molar-refractivity contribution >= 4 is 29.2 Å². The van der Waals surface area contributed by atoms with E-state index in [9.17, 15) is 4.39 Å². The third kappa shape index (κ3) is 3.09. The number of nitrogens with one attached hydrogen (secondary N) is 1. The van der Waals surface area contributed by atoms with Crippen molar-refractivity contribution in [2.45, 2.75) is 12.5 Å². The Morgan fingerprint density at radius 3 is 2.58 bits per heavy atom. The van der Waals surface area contributed by atoms with Crippen molar-refractivity contribution in [2.24, 2.45) is 0 Å². The lowest BCUT2D eigenvalue weighted by Crippen LogP contribution is -2.39. The lowest BCUT2D eigenvalue weighted by molar-refractivity contribution is 0.0254. The highest BCUT2D eigenvalue weighted by atomic mass is 32.2. The largest absolute Gasteiger partial charge is 0.376 e. The zero-order chi connectivity index (χ0) is 16.4. The molecule has 0 amide bonds. The zero-order valence-corrected chi connectivity index (χ0v) is 14.1. The third-order valence-electron chi connectivity index (χ3n) is 4.28. The van der Waals surface area contributed by atoms with Crippen LogP contribution in [0.25, 0.3) is 0 Å². The van der Waals surface area contributed by atoms with E-state index in [1.807, 2.05) is 34.6 Å². The molecule has 2 heterocycles. The van der Waals surface area contributed by atoms with Crippen molar-refractivity contribution in [3.05, 3.63) is 54.3 Å². The number of fused-ring (bicyclic) bond motifs is 1. The first-order valence-corrected chi connectivity index (χ1v) is 8.97. The summed E-state index contributed by atoms with van der Waals surface area (Å²) >= 11 is 1.55. The summed E-state index contributed by atoms with van der Waals surface area (Å²) in [6.45, 7) is 3.46. The van der Waals surface area contributed by atoms with E-state index in [4.69, 9.17) is 4.74 Å². The first-order valence-electron chi connectivity index (χ1n) is 8.24. The molecule has 126 valence electrons. The van der Waals surface area contributed by atoms with E-state index in [-0.39, 0.29) is 11.9 Å². The van der Waals surface area contributed by atoms with Gasteiger partial charge in [0.1, 0.15) is 5.82 Å². The van der Waals surface area contributed by atoms with Crippen molar-refractivity contribution < 1.29 is 9.13 Å². The van der Waals surface area contributed by atoms with Crippen LogP contribution in [0.2, 0.25) is 0 Å². The van der Waals surface area contributed by atoms with E-state index in [0.717, 1.165) is 44.0 Å². The van der Waals surface area contributed by atoms with Crippen molar-refractivity contribution in [3.63, 3.8) is 0 Å². The third-order valence-corrected chi connectivity index (χ3v) is 5.41. The highest BCUT2D eigenvalue weighted by Crippen LogP contribution is 2.49. The highest BCUT2D eigenvalue weighted by Gasteiger charge is 2.30. The Morgan fingerprint density at radius 1 is 1.08 bits per heavy atom. The molecule has 2 aromatic carbocycles. The van der Waals surface area contributed by atoms with Gasteiger partial charge in [0, 0.05) is 19.6 Å². The minimum absolute atomic E-state index is 0.207. The van der Waals surface area contributed by atoms with Gasteiger partial charge >= 0.3 is 0 Å². The molecule has 1 unspecified atom stereocenters. The summed E-state index contributed by atoms with van der Waals surface area (Å²) in [6, 6.07) is 15.0. The van der Waals surface area contributed by atoms with Crippen LogP contribution in [-0.4, -0.2) is 32.3 Å². The smallest absolute Gasteiger partial charge is 0.147 e. The number of para-hydroxylation sites is 3. The molecule has 6 heteroatoms. The quantitative estimate of drug-likeness (QED) is 0.853. The summed E-state index contributed by atoms with van der Waals surface area (Å²) in [5, 5.41) is 3.36. The molecule has 0 saturated carbocycles. The predicted octanol–water partition coefficient (Wildman–Crippen LogP) is 3.73. The van der Waals surface area contributed by atoms with E-state index in [1.165, 1.54) is 6.07 Å². The van der Waals surface area contributed by atoms with Gasteiger partial charge in [-0.2, -0.15) is 0 Å². The SMILES string of the molecule is Fc1ccccc1N1SN(CCC2CNCCO2)c2ccccc21. The topological polar surface area (TPSA) is 27.7 Å². The van der Waals surface area contributed by atoms with Crippen molar-refractivity contribution in [2.75, 3.05) is 34.9 Å². The van der Waals surface area contributed by atoms with Crippen LogP contribution < -0.4 is 13.9 Å². The molecule has 1 atom stereocenters. The molecule has 4 nitrogen and oxygen atoms in total. The van der Waals surface area contributed by atoms with Crippen LogP contribution in [0.5, 0.6) is 0 Å². The summed E-state index contributed by atoms with van der Waals surface area (Å²) in [5.74, 6) is -0.207. The molecule has 1 N–H and O–H groups in total. The number of benzene rings is 2. The van der Waals surface area contributed by atoms with Gasteiger partial charge in [0.15, 0.2) is 0 Å². The Morgan fingerprint density at radius 2 is 1.83 bits per heavy atom. The maximum atomic E-state index is 14.2. The van der Waals surface area contributed by atoms with Gasteiger partial charge < -0.3 is 10.1 Å². The monoisotopic (exact) mass is 345 g/mol. The normalized spacial score (nSPS) is 20.3. The summed E-state index contributed by atoms with van der Waals surface area (Å²) < 4.78 is 24.2. The predicted molar refractivity (Wildman–Crippen MR) is 97.1 cm³/mol. The van der Waals surface area contributed by atoms with Crippen LogP contribution in [-0.2, 0) is 4.74 Å². The molecule has 2 aromatic rings. The number of halogens is 1. The molecule has 2 aliphatic heterocycles. The second kappa shape index (κ2) is 7.01. The molecule has 24 heavy (non-hydrogen) atoms. The molecule has 0 aromatic heterocycles. The number of nitrogens with zero attached hydrogens (tertiary/aromatic N) is 2. The maximum absolute atomic E-state index is 14.2. The molecular formula is C18H20FN3OS. The lowest BCUT2D eigenvalue weighted by atomic mass is 10.2. The minimum Gasteiger partial charge on any atom is -0.376 e. The molecule has 0 spiro atoms. The Hall–Kier alpha value is -1.76. The number of hydrogen-bond donors (Lipinski definition) is 1. The van der Waals surface area contributed by atoms with Crippen LogP contribution in [0.15, 0.2) is 48.5 Å². The number of hydrogen-bond acceptors (Lipinski definition) is 5. The number of anilines is 3. The molecular weight excluding hydrogens is 325 g/mol. The fraction of sp³-hybridized carbons (Fsp3) is 0.333. The summed E-state index contributed by atoms with van der Waals surface area (Å²) in [7, 11) is 0. The van der Waals surface area contributed by atoms with E-state index in [1.54, 1.807) is 18.2 Å². The Kier molecular flexibility index (Phi) is 4.60. The Bertz CT molecular complexity index is 708. The Labute approximate surface area is 145 Å². The molecule has 0 aliphatic carbocycles. The van der Waals surface area contributed by atoms with Crippen LogP contribution in [0.4, 0.5) is 21.5 Å². The molecule has 1 saturated heterocycles. The number of ether oxygens (including phenoxy) is 1. The van der Waals surface area contributed by atoms with Crippen molar-refractivity contribution in [1.29, 1.82) is 0 Å². The van der Waals surface area contributed by atoms with Crippen molar-refractivity contribution in [3.8, 4) is 0 Å². The average Bonchev–Trinajstić information content (AvgIpc) is 3.00. The van der Waals surface area contributed by atoms with E-state index >= 15 is 0 Å². The molecule has 1 fully saturated rings. The van der Waals surface area contributed by atoms with Crippen molar-refractivity contribution in [1.82, 2.24) is 5.32 Å². The molecule has 2 aliphatic rings. The fourth-order valence-corrected chi connectivity index (χ4v) is 4.16. The summed E-state index contributed by atoms with van der Waals surface area (Å²) in [5.41, 5.74) is 2.73. The second-order valence-electron chi connectivity index (χ2n) is 5.90. The van der Waals surface area contributed by atoms with Gasteiger partial charge in [0.2, 0.25) is 0 Å². The highest BCUT2D eigenvalue weighted by molar-refractivity contribution is 8.02. The van der Waals surface area contributed by atoms with Crippen LogP contribution in [0.3, 0.4) is 0 Å². The summed E-state index contributed by atoms with van der Waals surface area (Å²) in [4.78, 5) is 0. The van der Waals surface area contributed by atoms with Crippen LogP contribution >= 0.6 is 12.1 Å². The number of rotatable bonds is 4. The van der Waals surface area contributed by atoms with Gasteiger partial charge in [-0.15, -0.1) is 0 Å². The maximum Gasteiger partial charge on any atom is 0.147 e. The van der Waals surface area contributed by atoms with Gasteiger partial charge in [-0.05, 0) is 30.7 Å². The summed E-state index contributed by atoms with van der Waals surface area (Å²) in [6.07, 6.45) is 1.19. The average molecular weight is 345 g/mol. The van der Waals surface area contributed by atoms with E-state index < -0.39 is 0 Å². The van der Waals surface area contributed by atoms with E-state index in [0.29, 0.717) is 5.69 Å². The number of morpholine rings is 1. The van der Waals surface area contributed by atoms with Gasteiger partial charge in [-0.3, -0.25) is 8.61 Å². The first kappa shape index (κ1) is 15.7. The minimum atomic E-state index is -0.207. The molecule has 4 rings (SSSR count).